The fraction of sp³-hybridized carbons (Fsp3) is 0.500. The van der Waals surface area contributed by atoms with Crippen molar-refractivity contribution in [3.8, 4) is 6.07 Å². The molecule has 0 bridgehead atoms. The number of nitriles is 1. The first-order valence-corrected chi connectivity index (χ1v) is 6.42. The number of hydrogen-bond acceptors (Lipinski definition) is 3. The average molecular weight is 285 g/mol. The number of anilines is 1. The lowest BCUT2D eigenvalue weighted by molar-refractivity contribution is -0.153. The van der Waals surface area contributed by atoms with Crippen LogP contribution in [0.4, 0.5) is 18.9 Å². The van der Waals surface area contributed by atoms with Gasteiger partial charge in [0.05, 0.1) is 12.5 Å². The van der Waals surface area contributed by atoms with Crippen LogP contribution in [0.2, 0.25) is 0 Å². The molecule has 6 heteroatoms. The van der Waals surface area contributed by atoms with Crippen LogP contribution in [0.3, 0.4) is 0 Å². The van der Waals surface area contributed by atoms with Gasteiger partial charge in [0, 0.05) is 18.3 Å². The lowest BCUT2D eigenvalue weighted by atomic mass is 10.0. The first-order valence-electron chi connectivity index (χ1n) is 6.42. The summed E-state index contributed by atoms with van der Waals surface area (Å²) < 4.78 is 39.9. The predicted molar refractivity (Wildman–Crippen MR) is 72.1 cm³/mol. The van der Waals surface area contributed by atoms with Crippen LogP contribution in [-0.2, 0) is 0 Å². The van der Waals surface area contributed by atoms with Gasteiger partial charge in [-0.25, -0.2) is 0 Å². The molecule has 0 aliphatic heterocycles. The van der Waals surface area contributed by atoms with Gasteiger partial charge in [-0.1, -0.05) is 25.1 Å². The van der Waals surface area contributed by atoms with Gasteiger partial charge in [-0.15, -0.1) is 0 Å². The third-order valence-electron chi connectivity index (χ3n) is 3.10. The van der Waals surface area contributed by atoms with E-state index in [1.807, 2.05) is 6.07 Å². The lowest BCUT2D eigenvalue weighted by Crippen LogP contribution is -2.56. The van der Waals surface area contributed by atoms with Crippen LogP contribution in [0.25, 0.3) is 0 Å². The summed E-state index contributed by atoms with van der Waals surface area (Å²) in [5.41, 5.74) is 6.09. The Hall–Kier alpha value is -1.74. The largest absolute Gasteiger partial charge is 0.410 e. The Morgan fingerprint density at radius 2 is 1.90 bits per heavy atom. The zero-order chi connectivity index (χ0) is 15.2. The fourth-order valence-electron chi connectivity index (χ4n) is 2.09. The van der Waals surface area contributed by atoms with Crippen LogP contribution in [-0.4, -0.2) is 24.8 Å². The molecule has 1 rings (SSSR count). The maximum atomic E-state index is 13.3. The van der Waals surface area contributed by atoms with E-state index in [0.29, 0.717) is 5.69 Å². The van der Waals surface area contributed by atoms with Crippen molar-refractivity contribution in [1.82, 2.24) is 0 Å². The third-order valence-corrected chi connectivity index (χ3v) is 3.10. The van der Waals surface area contributed by atoms with Crippen LogP contribution in [0.1, 0.15) is 19.8 Å². The minimum absolute atomic E-state index is 0.00160. The normalized spacial score (nSPS) is 14.4. The van der Waals surface area contributed by atoms with Crippen molar-refractivity contribution < 1.29 is 13.2 Å². The molecule has 0 saturated carbocycles. The molecule has 3 nitrogen and oxygen atoms in total. The van der Waals surface area contributed by atoms with Crippen LogP contribution in [0, 0.1) is 11.3 Å². The summed E-state index contributed by atoms with van der Waals surface area (Å²) in [6.07, 6.45) is -4.22. The molecule has 1 aromatic carbocycles. The topological polar surface area (TPSA) is 53.0 Å². The van der Waals surface area contributed by atoms with E-state index in [2.05, 4.69) is 0 Å². The number of hydrogen-bond donors (Lipinski definition) is 1. The number of benzene rings is 1. The Morgan fingerprint density at radius 3 is 2.35 bits per heavy atom. The Balaban J connectivity index is 3.15. The molecule has 0 spiro atoms. The highest BCUT2D eigenvalue weighted by Crippen LogP contribution is 2.31. The molecule has 20 heavy (non-hydrogen) atoms. The van der Waals surface area contributed by atoms with E-state index >= 15 is 0 Å². The molecule has 0 saturated heterocycles. The Labute approximate surface area is 116 Å². The molecule has 2 unspecified atom stereocenters. The van der Waals surface area contributed by atoms with Crippen LogP contribution < -0.4 is 10.6 Å². The second-order valence-corrected chi connectivity index (χ2v) is 4.50. The van der Waals surface area contributed by atoms with Crippen LogP contribution >= 0.6 is 0 Å². The molecular weight excluding hydrogens is 267 g/mol. The van der Waals surface area contributed by atoms with Gasteiger partial charge < -0.3 is 10.6 Å². The highest BCUT2D eigenvalue weighted by molar-refractivity contribution is 5.48. The van der Waals surface area contributed by atoms with Crippen molar-refractivity contribution in [3.63, 3.8) is 0 Å². The molecule has 2 N–H and O–H groups in total. The van der Waals surface area contributed by atoms with Gasteiger partial charge in [0.1, 0.15) is 6.04 Å². The zero-order valence-corrected chi connectivity index (χ0v) is 11.3. The van der Waals surface area contributed by atoms with Crippen LogP contribution in [0.5, 0.6) is 0 Å². The molecule has 0 aromatic heterocycles. The predicted octanol–water partition coefficient (Wildman–Crippen LogP) is 3.07. The minimum Gasteiger partial charge on any atom is -0.358 e. The molecule has 2 atom stereocenters. The van der Waals surface area contributed by atoms with Crippen molar-refractivity contribution in [2.24, 2.45) is 5.73 Å². The van der Waals surface area contributed by atoms with E-state index in [-0.39, 0.29) is 19.4 Å². The molecule has 0 amide bonds. The second-order valence-electron chi connectivity index (χ2n) is 4.50. The Morgan fingerprint density at radius 1 is 1.30 bits per heavy atom. The summed E-state index contributed by atoms with van der Waals surface area (Å²) in [6, 6.07) is 7.31. The van der Waals surface area contributed by atoms with Crippen molar-refractivity contribution in [2.75, 3.05) is 11.4 Å². The number of alkyl halides is 3. The van der Waals surface area contributed by atoms with E-state index in [0.717, 1.165) is 0 Å². The SMILES string of the molecule is CCC(N)C(N(CCC#N)c1ccccc1)C(F)(F)F. The molecular formula is C14H18F3N3. The summed E-state index contributed by atoms with van der Waals surface area (Å²) in [6.45, 7) is 1.62. The summed E-state index contributed by atoms with van der Waals surface area (Å²) in [4.78, 5) is 1.18. The number of rotatable bonds is 6. The smallest absolute Gasteiger partial charge is 0.358 e. The standard InChI is InChI=1S/C14H18F3N3/c1-2-12(19)13(14(15,16)17)20(10-6-9-18)11-7-4-3-5-8-11/h3-5,7-8,12-13H,2,6,10,19H2,1H3. The molecule has 0 radical (unpaired) electrons. The second kappa shape index (κ2) is 7.15. The average Bonchev–Trinajstić information content (AvgIpc) is 2.42. The number of nitrogens with two attached hydrogens (primary N) is 1. The van der Waals surface area contributed by atoms with Gasteiger partial charge in [0.2, 0.25) is 0 Å². The first-order chi connectivity index (χ1) is 9.41. The molecule has 0 aliphatic carbocycles. The van der Waals surface area contributed by atoms with Crippen LogP contribution in [0.15, 0.2) is 30.3 Å². The van der Waals surface area contributed by atoms with Crippen molar-refractivity contribution >= 4 is 5.69 Å². The number of nitrogens with zero attached hydrogens (tertiary/aromatic N) is 2. The summed E-state index contributed by atoms with van der Waals surface area (Å²) in [5, 5.41) is 8.65. The van der Waals surface area contributed by atoms with Crippen molar-refractivity contribution in [2.45, 2.75) is 38.0 Å². The summed E-state index contributed by atoms with van der Waals surface area (Å²) in [5.74, 6) is 0. The van der Waals surface area contributed by atoms with Gasteiger partial charge in [-0.3, -0.25) is 0 Å². The molecule has 0 fully saturated rings. The third kappa shape index (κ3) is 4.14. The van der Waals surface area contributed by atoms with Gasteiger partial charge in [0.25, 0.3) is 0 Å². The first kappa shape index (κ1) is 16.3. The maximum Gasteiger partial charge on any atom is 0.410 e. The van der Waals surface area contributed by atoms with E-state index in [1.54, 1.807) is 37.3 Å². The molecule has 0 heterocycles. The Bertz CT molecular complexity index is 439. The minimum atomic E-state index is -4.44. The van der Waals surface area contributed by atoms with E-state index < -0.39 is 18.3 Å². The van der Waals surface area contributed by atoms with Gasteiger partial charge in [-0.2, -0.15) is 18.4 Å². The van der Waals surface area contributed by atoms with E-state index in [9.17, 15) is 13.2 Å². The fourth-order valence-corrected chi connectivity index (χ4v) is 2.09. The van der Waals surface area contributed by atoms with E-state index in [1.165, 1.54) is 4.90 Å². The Kier molecular flexibility index (Phi) is 5.83. The van der Waals surface area contributed by atoms with Crippen molar-refractivity contribution in [1.29, 1.82) is 5.26 Å². The number of para-hydroxylation sites is 1. The van der Waals surface area contributed by atoms with Gasteiger partial charge >= 0.3 is 6.18 Å². The molecule has 0 aliphatic rings. The quantitative estimate of drug-likeness (QED) is 0.874. The molecule has 1 aromatic rings. The highest BCUT2D eigenvalue weighted by Gasteiger charge is 2.46. The number of halogens is 3. The zero-order valence-electron chi connectivity index (χ0n) is 11.3. The monoisotopic (exact) mass is 285 g/mol. The van der Waals surface area contributed by atoms with Crippen molar-refractivity contribution in [3.05, 3.63) is 30.3 Å². The lowest BCUT2D eigenvalue weighted by Gasteiger charge is -2.37. The van der Waals surface area contributed by atoms with Gasteiger partial charge in [-0.05, 0) is 18.6 Å². The van der Waals surface area contributed by atoms with Gasteiger partial charge in [0.15, 0.2) is 0 Å². The highest BCUT2D eigenvalue weighted by atomic mass is 19.4. The summed E-state index contributed by atoms with van der Waals surface area (Å²) in [7, 11) is 0. The molecule has 110 valence electrons. The summed E-state index contributed by atoms with van der Waals surface area (Å²) >= 11 is 0. The van der Waals surface area contributed by atoms with E-state index in [4.69, 9.17) is 11.0 Å². The maximum absolute atomic E-state index is 13.3.